The van der Waals surface area contributed by atoms with E-state index in [4.69, 9.17) is 0 Å². The lowest BCUT2D eigenvalue weighted by Gasteiger charge is -2.04. The predicted octanol–water partition coefficient (Wildman–Crippen LogP) is 10.3. The molecule has 1 aliphatic carbocycles. The van der Waals surface area contributed by atoms with E-state index in [1.165, 1.54) is 161 Å². The Labute approximate surface area is 173 Å². The highest BCUT2D eigenvalue weighted by Crippen LogP contribution is 2.16. The van der Waals surface area contributed by atoms with Gasteiger partial charge in [-0.2, -0.15) is 0 Å². The maximum atomic E-state index is 2.45. The Hall–Kier alpha value is -0.260. The van der Waals surface area contributed by atoms with Crippen LogP contribution in [0, 0.1) is 0 Å². The summed E-state index contributed by atoms with van der Waals surface area (Å²) < 4.78 is 0. The normalized spacial score (nSPS) is 24.6. The highest BCUT2D eigenvalue weighted by atomic mass is 14.0. The van der Waals surface area contributed by atoms with E-state index in [1.54, 1.807) is 0 Å². The van der Waals surface area contributed by atoms with E-state index in [9.17, 15) is 0 Å². The van der Waals surface area contributed by atoms with Gasteiger partial charge < -0.3 is 0 Å². The van der Waals surface area contributed by atoms with Crippen molar-refractivity contribution in [3.05, 3.63) is 12.2 Å². The Bertz CT molecular complexity index is 262. The lowest BCUT2D eigenvalue weighted by Crippen LogP contribution is -1.84. The average molecular weight is 377 g/mol. The second-order valence-corrected chi connectivity index (χ2v) is 9.18. The topological polar surface area (TPSA) is 0 Å². The fraction of sp³-hybridized carbons (Fsp3) is 0.926. The van der Waals surface area contributed by atoms with Gasteiger partial charge in [0.15, 0.2) is 0 Å². The molecule has 0 radical (unpaired) electrons. The molecule has 0 aliphatic heterocycles. The molecule has 0 unspecified atom stereocenters. The average Bonchev–Trinajstić information content (AvgIpc) is 2.68. The molecule has 27 heavy (non-hydrogen) atoms. The maximum absolute atomic E-state index is 2.45. The summed E-state index contributed by atoms with van der Waals surface area (Å²) in [6.45, 7) is 0. The second-order valence-electron chi connectivity index (χ2n) is 9.18. The van der Waals surface area contributed by atoms with Gasteiger partial charge in [0.25, 0.3) is 0 Å². The van der Waals surface area contributed by atoms with Crippen molar-refractivity contribution in [2.45, 2.75) is 161 Å². The molecule has 0 atom stereocenters. The number of hydrogen-bond donors (Lipinski definition) is 0. The summed E-state index contributed by atoms with van der Waals surface area (Å²) in [5.41, 5.74) is 0. The molecule has 0 aromatic rings. The molecule has 0 bridgehead atoms. The minimum Gasteiger partial charge on any atom is -0.0885 e. The summed E-state index contributed by atoms with van der Waals surface area (Å²) in [6.07, 6.45) is 41.5. The maximum Gasteiger partial charge on any atom is -0.0351 e. The van der Waals surface area contributed by atoms with Gasteiger partial charge in [-0.1, -0.05) is 147 Å². The van der Waals surface area contributed by atoms with Crippen molar-refractivity contribution in [1.29, 1.82) is 0 Å². The van der Waals surface area contributed by atoms with Crippen molar-refractivity contribution < 1.29 is 0 Å². The van der Waals surface area contributed by atoms with Gasteiger partial charge in [0.1, 0.15) is 0 Å². The highest BCUT2D eigenvalue weighted by molar-refractivity contribution is 4.81. The van der Waals surface area contributed by atoms with Gasteiger partial charge >= 0.3 is 0 Å². The summed E-state index contributed by atoms with van der Waals surface area (Å²) in [5, 5.41) is 0. The van der Waals surface area contributed by atoms with E-state index in [2.05, 4.69) is 12.2 Å². The Morgan fingerprint density at radius 3 is 0.519 bits per heavy atom. The minimum absolute atomic E-state index is 1.32. The van der Waals surface area contributed by atoms with E-state index in [0.29, 0.717) is 0 Å². The molecular weight excluding hydrogens is 324 g/mol. The Balaban J connectivity index is 2.04. The first-order valence-corrected chi connectivity index (χ1v) is 13.1. The van der Waals surface area contributed by atoms with E-state index in [0.717, 1.165) is 0 Å². The van der Waals surface area contributed by atoms with Gasteiger partial charge in [0, 0.05) is 0 Å². The highest BCUT2D eigenvalue weighted by Gasteiger charge is 1.96. The standard InChI is InChI=1S/C27H52/c1-2-4-6-8-10-12-14-16-18-20-22-24-26-27-25-23-21-19-17-15-13-11-9-7-5-3-1/h1-2H,3-27H2/b2-1+. The molecule has 0 amide bonds. The van der Waals surface area contributed by atoms with Crippen LogP contribution in [-0.4, -0.2) is 0 Å². The molecule has 160 valence electrons. The number of allylic oxidation sites excluding steroid dienone is 2. The first-order valence-electron chi connectivity index (χ1n) is 13.1. The molecule has 1 rings (SSSR count). The van der Waals surface area contributed by atoms with Gasteiger partial charge in [-0.3, -0.25) is 0 Å². The Kier molecular flexibility index (Phi) is 20.2. The molecule has 0 N–H and O–H groups in total. The van der Waals surface area contributed by atoms with Crippen LogP contribution < -0.4 is 0 Å². The summed E-state index contributed by atoms with van der Waals surface area (Å²) in [7, 11) is 0. The molecule has 0 aromatic carbocycles. The molecule has 0 heteroatoms. The lowest BCUT2D eigenvalue weighted by atomic mass is 10.0. The van der Waals surface area contributed by atoms with Crippen LogP contribution in [0.2, 0.25) is 0 Å². The van der Waals surface area contributed by atoms with Gasteiger partial charge in [-0.05, 0) is 25.7 Å². The molecule has 0 nitrogen and oxygen atoms in total. The van der Waals surface area contributed by atoms with Crippen molar-refractivity contribution in [1.82, 2.24) is 0 Å². The summed E-state index contributed by atoms with van der Waals surface area (Å²) >= 11 is 0. The molecule has 1 aliphatic rings. The van der Waals surface area contributed by atoms with Crippen LogP contribution in [0.5, 0.6) is 0 Å². The van der Waals surface area contributed by atoms with Crippen molar-refractivity contribution in [2.75, 3.05) is 0 Å². The van der Waals surface area contributed by atoms with Crippen LogP contribution in [0.15, 0.2) is 12.2 Å². The third-order valence-corrected chi connectivity index (χ3v) is 6.41. The fourth-order valence-corrected chi connectivity index (χ4v) is 4.47. The van der Waals surface area contributed by atoms with Crippen LogP contribution in [0.1, 0.15) is 161 Å². The summed E-state index contributed by atoms with van der Waals surface area (Å²) in [5.74, 6) is 0. The first-order chi connectivity index (χ1) is 13.5. The molecule has 0 heterocycles. The zero-order valence-corrected chi connectivity index (χ0v) is 18.8. The number of hydrogen-bond acceptors (Lipinski definition) is 0. The molecular formula is C27H52. The number of rotatable bonds is 0. The van der Waals surface area contributed by atoms with Gasteiger partial charge in [0.05, 0.1) is 0 Å². The van der Waals surface area contributed by atoms with E-state index >= 15 is 0 Å². The van der Waals surface area contributed by atoms with Crippen LogP contribution in [0.3, 0.4) is 0 Å². The second kappa shape index (κ2) is 22.0. The lowest BCUT2D eigenvalue weighted by molar-refractivity contribution is 0.518. The molecule has 0 spiro atoms. The van der Waals surface area contributed by atoms with Gasteiger partial charge in [-0.25, -0.2) is 0 Å². The van der Waals surface area contributed by atoms with Crippen LogP contribution >= 0.6 is 0 Å². The van der Waals surface area contributed by atoms with Gasteiger partial charge in [0.2, 0.25) is 0 Å². The SMILES string of the molecule is C1=C/CCCCCCCCCCCCCCCCCCCCCCCCC/1. The van der Waals surface area contributed by atoms with E-state index in [1.807, 2.05) is 0 Å². The smallest absolute Gasteiger partial charge is 0.0351 e. The first kappa shape index (κ1) is 24.8. The zero-order chi connectivity index (χ0) is 19.1. The van der Waals surface area contributed by atoms with Crippen molar-refractivity contribution in [2.24, 2.45) is 0 Å². The zero-order valence-electron chi connectivity index (χ0n) is 18.8. The molecule has 0 saturated carbocycles. The van der Waals surface area contributed by atoms with Gasteiger partial charge in [-0.15, -0.1) is 0 Å². The molecule has 0 fully saturated rings. The fourth-order valence-electron chi connectivity index (χ4n) is 4.47. The molecule has 0 aromatic heterocycles. The molecule has 0 saturated heterocycles. The predicted molar refractivity (Wildman–Crippen MR) is 125 cm³/mol. The quantitative estimate of drug-likeness (QED) is 0.369. The van der Waals surface area contributed by atoms with E-state index in [-0.39, 0.29) is 0 Å². The van der Waals surface area contributed by atoms with Crippen molar-refractivity contribution >= 4 is 0 Å². The third-order valence-electron chi connectivity index (χ3n) is 6.41. The van der Waals surface area contributed by atoms with Crippen LogP contribution in [-0.2, 0) is 0 Å². The van der Waals surface area contributed by atoms with Crippen molar-refractivity contribution in [3.63, 3.8) is 0 Å². The Morgan fingerprint density at radius 1 is 0.185 bits per heavy atom. The minimum atomic E-state index is 1.32. The third kappa shape index (κ3) is 20.3. The van der Waals surface area contributed by atoms with E-state index < -0.39 is 0 Å². The monoisotopic (exact) mass is 376 g/mol. The summed E-state index contributed by atoms with van der Waals surface area (Å²) in [4.78, 5) is 0. The van der Waals surface area contributed by atoms with Crippen LogP contribution in [0.4, 0.5) is 0 Å². The Morgan fingerprint density at radius 2 is 0.333 bits per heavy atom. The largest absolute Gasteiger partial charge is 0.0885 e. The van der Waals surface area contributed by atoms with Crippen LogP contribution in [0.25, 0.3) is 0 Å². The van der Waals surface area contributed by atoms with Crippen molar-refractivity contribution in [3.8, 4) is 0 Å². The summed E-state index contributed by atoms with van der Waals surface area (Å²) in [6, 6.07) is 0.